The molecule has 0 saturated carbocycles. The Bertz CT molecular complexity index is 1060. The SMILES string of the molecule is C[C@@H](C(=O)Nc1cc(Cl)ccc1Cl)N1C(=O)c2cccc3cccc1c23. The number of carbonyl (C=O) groups excluding carboxylic acids is 2. The summed E-state index contributed by atoms with van der Waals surface area (Å²) in [5.74, 6) is -0.524. The number of carbonyl (C=O) groups is 2. The number of hydrogen-bond acceptors (Lipinski definition) is 2. The summed E-state index contributed by atoms with van der Waals surface area (Å²) in [7, 11) is 0. The Hall–Kier alpha value is -2.56. The molecule has 4 rings (SSSR count). The summed E-state index contributed by atoms with van der Waals surface area (Å²) in [6.45, 7) is 1.69. The van der Waals surface area contributed by atoms with Gasteiger partial charge in [-0.15, -0.1) is 0 Å². The van der Waals surface area contributed by atoms with Gasteiger partial charge in [-0.25, -0.2) is 0 Å². The number of anilines is 2. The van der Waals surface area contributed by atoms with Gasteiger partial charge in [0, 0.05) is 16.0 Å². The molecule has 6 heteroatoms. The number of hydrogen-bond donors (Lipinski definition) is 1. The van der Waals surface area contributed by atoms with Gasteiger partial charge in [0.15, 0.2) is 0 Å². The van der Waals surface area contributed by atoms with Crippen LogP contribution in [0.15, 0.2) is 54.6 Å². The normalized spacial score (nSPS) is 14.0. The summed E-state index contributed by atoms with van der Waals surface area (Å²) in [6, 6.07) is 15.4. The molecule has 4 nitrogen and oxygen atoms in total. The smallest absolute Gasteiger partial charge is 0.259 e. The van der Waals surface area contributed by atoms with Gasteiger partial charge in [0.05, 0.1) is 16.4 Å². The highest BCUT2D eigenvalue weighted by molar-refractivity contribution is 6.36. The zero-order valence-corrected chi connectivity index (χ0v) is 15.3. The molecular weight excluding hydrogens is 371 g/mol. The molecule has 130 valence electrons. The fourth-order valence-corrected chi connectivity index (χ4v) is 3.61. The van der Waals surface area contributed by atoms with E-state index in [1.165, 1.54) is 4.90 Å². The fraction of sp³-hybridized carbons (Fsp3) is 0.100. The molecule has 1 aliphatic rings. The molecule has 0 saturated heterocycles. The van der Waals surface area contributed by atoms with Gasteiger partial charge >= 0.3 is 0 Å². The Morgan fingerprint density at radius 1 is 1.08 bits per heavy atom. The highest BCUT2D eigenvalue weighted by Crippen LogP contribution is 2.38. The Balaban J connectivity index is 1.68. The second-order valence-electron chi connectivity index (χ2n) is 6.15. The van der Waals surface area contributed by atoms with Crippen molar-refractivity contribution in [1.82, 2.24) is 0 Å². The van der Waals surface area contributed by atoms with Gasteiger partial charge in [-0.05, 0) is 42.6 Å². The van der Waals surface area contributed by atoms with Gasteiger partial charge in [0.1, 0.15) is 6.04 Å². The average Bonchev–Trinajstić information content (AvgIpc) is 2.92. The van der Waals surface area contributed by atoms with Crippen LogP contribution in [0.4, 0.5) is 11.4 Å². The number of nitrogens with one attached hydrogen (secondary N) is 1. The summed E-state index contributed by atoms with van der Waals surface area (Å²) >= 11 is 12.1. The largest absolute Gasteiger partial charge is 0.323 e. The molecule has 0 fully saturated rings. The van der Waals surface area contributed by atoms with Crippen LogP contribution < -0.4 is 10.2 Å². The lowest BCUT2D eigenvalue weighted by Crippen LogP contribution is -2.44. The third-order valence-electron chi connectivity index (χ3n) is 4.54. The maximum absolute atomic E-state index is 12.9. The molecule has 0 bridgehead atoms. The molecule has 0 aliphatic carbocycles. The molecule has 1 aliphatic heterocycles. The predicted octanol–water partition coefficient (Wildman–Crippen LogP) is 5.13. The van der Waals surface area contributed by atoms with Crippen LogP contribution in [0.3, 0.4) is 0 Å². The Morgan fingerprint density at radius 2 is 1.81 bits per heavy atom. The molecule has 0 spiro atoms. The first-order chi connectivity index (χ1) is 12.5. The van der Waals surface area contributed by atoms with Crippen molar-refractivity contribution in [3.05, 3.63) is 70.2 Å². The minimum atomic E-state index is -0.712. The zero-order valence-electron chi connectivity index (χ0n) is 13.8. The van der Waals surface area contributed by atoms with Crippen molar-refractivity contribution in [3.8, 4) is 0 Å². The van der Waals surface area contributed by atoms with E-state index >= 15 is 0 Å². The van der Waals surface area contributed by atoms with Gasteiger partial charge in [-0.1, -0.05) is 47.5 Å². The molecular formula is C20H14Cl2N2O2. The molecule has 3 aromatic rings. The van der Waals surface area contributed by atoms with Crippen molar-refractivity contribution in [2.45, 2.75) is 13.0 Å². The van der Waals surface area contributed by atoms with E-state index in [0.29, 0.717) is 21.3 Å². The number of halogens is 2. The second kappa shape index (κ2) is 6.31. The number of rotatable bonds is 3. The van der Waals surface area contributed by atoms with E-state index in [2.05, 4.69) is 5.32 Å². The summed E-state index contributed by atoms with van der Waals surface area (Å²) < 4.78 is 0. The molecule has 2 amide bonds. The topological polar surface area (TPSA) is 49.4 Å². The number of nitrogens with zero attached hydrogens (tertiary/aromatic N) is 1. The molecule has 1 atom stereocenters. The first-order valence-electron chi connectivity index (χ1n) is 8.08. The van der Waals surface area contributed by atoms with Crippen LogP contribution in [0.5, 0.6) is 0 Å². The van der Waals surface area contributed by atoms with E-state index in [4.69, 9.17) is 23.2 Å². The van der Waals surface area contributed by atoms with Crippen LogP contribution in [-0.4, -0.2) is 17.9 Å². The molecule has 1 N–H and O–H groups in total. The lowest BCUT2D eigenvalue weighted by atomic mass is 10.1. The first kappa shape index (κ1) is 16.9. The average molecular weight is 385 g/mol. The van der Waals surface area contributed by atoms with E-state index < -0.39 is 6.04 Å². The van der Waals surface area contributed by atoms with Crippen molar-refractivity contribution in [3.63, 3.8) is 0 Å². The third kappa shape index (κ3) is 2.62. The van der Waals surface area contributed by atoms with Crippen molar-refractivity contribution in [1.29, 1.82) is 0 Å². The van der Waals surface area contributed by atoms with Gasteiger partial charge < -0.3 is 5.32 Å². The number of amides is 2. The highest BCUT2D eigenvalue weighted by atomic mass is 35.5. The summed E-state index contributed by atoms with van der Waals surface area (Å²) in [4.78, 5) is 27.2. The highest BCUT2D eigenvalue weighted by Gasteiger charge is 2.35. The van der Waals surface area contributed by atoms with Crippen LogP contribution in [0.25, 0.3) is 10.8 Å². The van der Waals surface area contributed by atoms with Crippen molar-refractivity contribution < 1.29 is 9.59 Å². The number of benzene rings is 3. The van der Waals surface area contributed by atoms with Crippen LogP contribution in [0.2, 0.25) is 10.0 Å². The maximum atomic E-state index is 12.9. The molecule has 0 unspecified atom stereocenters. The van der Waals surface area contributed by atoms with Crippen molar-refractivity contribution >= 4 is 57.2 Å². The van der Waals surface area contributed by atoms with Crippen molar-refractivity contribution in [2.24, 2.45) is 0 Å². The van der Waals surface area contributed by atoms with Crippen LogP contribution in [0.1, 0.15) is 17.3 Å². The van der Waals surface area contributed by atoms with E-state index in [1.807, 2.05) is 30.3 Å². The minimum Gasteiger partial charge on any atom is -0.323 e. The Kier molecular flexibility index (Phi) is 4.10. The van der Waals surface area contributed by atoms with Crippen LogP contribution in [-0.2, 0) is 4.79 Å². The summed E-state index contributed by atoms with van der Waals surface area (Å²) in [5, 5.41) is 5.45. The maximum Gasteiger partial charge on any atom is 0.259 e. The Morgan fingerprint density at radius 3 is 2.58 bits per heavy atom. The lowest BCUT2D eigenvalue weighted by molar-refractivity contribution is -0.117. The minimum absolute atomic E-state index is 0.184. The fourth-order valence-electron chi connectivity index (χ4n) is 3.27. The molecule has 0 radical (unpaired) electrons. The van der Waals surface area contributed by atoms with Crippen LogP contribution in [0, 0.1) is 0 Å². The molecule has 0 aromatic heterocycles. The van der Waals surface area contributed by atoms with Crippen molar-refractivity contribution in [2.75, 3.05) is 10.2 Å². The van der Waals surface area contributed by atoms with Gasteiger partial charge in [0.25, 0.3) is 5.91 Å². The summed E-state index contributed by atoms with van der Waals surface area (Å²) in [6.07, 6.45) is 0. The molecule has 1 heterocycles. The van der Waals surface area contributed by atoms with E-state index in [9.17, 15) is 9.59 Å². The summed E-state index contributed by atoms with van der Waals surface area (Å²) in [5.41, 5.74) is 1.76. The van der Waals surface area contributed by atoms with Gasteiger partial charge in [-0.2, -0.15) is 0 Å². The standard InChI is InChI=1S/C20H14Cl2N2O2/c1-11(19(25)23-16-10-13(21)8-9-15(16)22)24-17-7-3-5-12-4-2-6-14(18(12)17)20(24)26/h2-11H,1H3,(H,23,25)/t11-/m0/s1. The van der Waals surface area contributed by atoms with E-state index in [0.717, 1.165) is 16.5 Å². The molecule has 3 aromatic carbocycles. The lowest BCUT2D eigenvalue weighted by Gasteiger charge is -2.25. The van der Waals surface area contributed by atoms with E-state index in [1.54, 1.807) is 31.2 Å². The zero-order chi connectivity index (χ0) is 18.4. The third-order valence-corrected chi connectivity index (χ3v) is 5.11. The van der Waals surface area contributed by atoms with Crippen LogP contribution >= 0.6 is 23.2 Å². The van der Waals surface area contributed by atoms with Gasteiger partial charge in [0.2, 0.25) is 5.91 Å². The molecule has 26 heavy (non-hydrogen) atoms. The second-order valence-corrected chi connectivity index (χ2v) is 6.99. The Labute approximate surface area is 160 Å². The first-order valence-corrected chi connectivity index (χ1v) is 8.84. The van der Waals surface area contributed by atoms with E-state index in [-0.39, 0.29) is 11.8 Å². The quantitative estimate of drug-likeness (QED) is 0.679. The predicted molar refractivity (Wildman–Crippen MR) is 105 cm³/mol. The monoisotopic (exact) mass is 384 g/mol. The van der Waals surface area contributed by atoms with Gasteiger partial charge in [-0.3, -0.25) is 14.5 Å².